The highest BCUT2D eigenvalue weighted by Crippen LogP contribution is 1.90. The Morgan fingerprint density at radius 1 is 0.778 bits per heavy atom. The van der Waals surface area contributed by atoms with Crippen LogP contribution in [0.2, 0.25) is 0 Å². The van der Waals surface area contributed by atoms with Crippen molar-refractivity contribution in [2.75, 3.05) is 32.7 Å². The van der Waals surface area contributed by atoms with Gasteiger partial charge in [-0.1, -0.05) is 27.7 Å². The van der Waals surface area contributed by atoms with E-state index in [2.05, 4.69) is 48.8 Å². The Kier molecular flexibility index (Phi) is 13.2. The van der Waals surface area contributed by atoms with Gasteiger partial charge in [0, 0.05) is 19.6 Å². The molecular formula is C14H34N4. The first-order valence-electron chi connectivity index (χ1n) is 7.73. The number of hydrazine groups is 1. The fourth-order valence-corrected chi connectivity index (χ4v) is 1.88. The lowest BCUT2D eigenvalue weighted by molar-refractivity contribution is 0.172. The molecule has 0 aromatic heterocycles. The number of rotatable bonds is 13. The van der Waals surface area contributed by atoms with Gasteiger partial charge in [0.1, 0.15) is 0 Å². The SMILES string of the molecule is CCCNC(CNN(CCC)CCC)NCCC. The second-order valence-electron chi connectivity index (χ2n) is 4.81. The molecule has 0 aliphatic rings. The molecule has 0 rings (SSSR count). The number of hydrogen-bond donors (Lipinski definition) is 3. The zero-order chi connectivity index (χ0) is 13.6. The van der Waals surface area contributed by atoms with Crippen molar-refractivity contribution in [1.29, 1.82) is 0 Å². The Balaban J connectivity index is 3.94. The third-order valence-electron chi connectivity index (χ3n) is 2.79. The van der Waals surface area contributed by atoms with Crippen molar-refractivity contribution in [2.24, 2.45) is 0 Å². The fourth-order valence-electron chi connectivity index (χ4n) is 1.88. The molecule has 0 aliphatic heterocycles. The molecular weight excluding hydrogens is 224 g/mol. The molecule has 0 fully saturated rings. The minimum atomic E-state index is 0.376. The van der Waals surface area contributed by atoms with Gasteiger partial charge < -0.3 is 10.6 Å². The van der Waals surface area contributed by atoms with Crippen molar-refractivity contribution in [2.45, 2.75) is 59.5 Å². The molecule has 0 spiro atoms. The van der Waals surface area contributed by atoms with Crippen LogP contribution >= 0.6 is 0 Å². The highest BCUT2D eigenvalue weighted by atomic mass is 15.5. The van der Waals surface area contributed by atoms with Gasteiger partial charge >= 0.3 is 0 Å². The van der Waals surface area contributed by atoms with Crippen molar-refractivity contribution in [3.8, 4) is 0 Å². The van der Waals surface area contributed by atoms with Gasteiger partial charge in [0.15, 0.2) is 0 Å². The Morgan fingerprint density at radius 2 is 1.28 bits per heavy atom. The number of hydrogen-bond acceptors (Lipinski definition) is 4. The zero-order valence-corrected chi connectivity index (χ0v) is 12.9. The molecule has 0 aromatic rings. The molecule has 4 nitrogen and oxygen atoms in total. The van der Waals surface area contributed by atoms with Gasteiger partial charge in [-0.25, -0.2) is 5.01 Å². The lowest BCUT2D eigenvalue weighted by Crippen LogP contribution is -2.53. The first kappa shape index (κ1) is 17.8. The summed E-state index contributed by atoms with van der Waals surface area (Å²) in [6.45, 7) is 14.2. The second-order valence-corrected chi connectivity index (χ2v) is 4.81. The first-order valence-corrected chi connectivity index (χ1v) is 7.73. The predicted octanol–water partition coefficient (Wildman–Crippen LogP) is 1.94. The minimum absolute atomic E-state index is 0.376. The topological polar surface area (TPSA) is 39.3 Å². The molecule has 0 saturated carbocycles. The van der Waals surface area contributed by atoms with Crippen molar-refractivity contribution < 1.29 is 0 Å². The summed E-state index contributed by atoms with van der Waals surface area (Å²) in [5.41, 5.74) is 3.55. The van der Waals surface area contributed by atoms with Crippen LogP contribution in [0.1, 0.15) is 53.4 Å². The lowest BCUT2D eigenvalue weighted by Gasteiger charge is -2.27. The molecule has 0 bridgehead atoms. The Bertz CT molecular complexity index is 150. The summed E-state index contributed by atoms with van der Waals surface area (Å²) in [5, 5.41) is 9.43. The van der Waals surface area contributed by atoms with E-state index in [1.165, 1.54) is 25.7 Å². The average Bonchev–Trinajstić information content (AvgIpc) is 2.38. The second kappa shape index (κ2) is 13.3. The maximum atomic E-state index is 3.55. The Morgan fingerprint density at radius 3 is 1.67 bits per heavy atom. The summed E-state index contributed by atoms with van der Waals surface area (Å²) < 4.78 is 0. The molecule has 3 N–H and O–H groups in total. The summed E-state index contributed by atoms with van der Waals surface area (Å²) in [4.78, 5) is 0. The molecule has 0 unspecified atom stereocenters. The van der Waals surface area contributed by atoms with E-state index in [0.717, 1.165) is 32.7 Å². The summed E-state index contributed by atoms with van der Waals surface area (Å²) in [6, 6.07) is 0. The number of nitrogens with one attached hydrogen (secondary N) is 3. The first-order chi connectivity index (χ1) is 8.78. The van der Waals surface area contributed by atoms with Crippen molar-refractivity contribution in [3.05, 3.63) is 0 Å². The van der Waals surface area contributed by atoms with E-state index in [-0.39, 0.29) is 0 Å². The van der Waals surface area contributed by atoms with E-state index in [9.17, 15) is 0 Å². The molecule has 0 radical (unpaired) electrons. The van der Waals surface area contributed by atoms with Gasteiger partial charge in [-0.2, -0.15) is 0 Å². The van der Waals surface area contributed by atoms with E-state index < -0.39 is 0 Å². The Hall–Kier alpha value is -0.160. The van der Waals surface area contributed by atoms with Gasteiger partial charge in [0.05, 0.1) is 6.17 Å². The normalized spacial score (nSPS) is 11.7. The van der Waals surface area contributed by atoms with E-state index in [0.29, 0.717) is 6.17 Å². The summed E-state index contributed by atoms with van der Waals surface area (Å²) in [7, 11) is 0. The largest absolute Gasteiger partial charge is 0.301 e. The van der Waals surface area contributed by atoms with Crippen molar-refractivity contribution >= 4 is 0 Å². The fraction of sp³-hybridized carbons (Fsp3) is 1.00. The standard InChI is InChI=1S/C14H34N4/c1-5-9-15-14(16-10-6-2)13-17-18(11-7-3)12-8-4/h14-17H,5-13H2,1-4H3. The quantitative estimate of drug-likeness (QED) is 0.349. The van der Waals surface area contributed by atoms with Crippen LogP contribution in [0.3, 0.4) is 0 Å². The van der Waals surface area contributed by atoms with Crippen LogP contribution in [-0.2, 0) is 0 Å². The molecule has 0 atom stereocenters. The number of nitrogens with zero attached hydrogens (tertiary/aromatic N) is 1. The minimum Gasteiger partial charge on any atom is -0.301 e. The zero-order valence-electron chi connectivity index (χ0n) is 12.9. The molecule has 4 heteroatoms. The third kappa shape index (κ3) is 9.83. The molecule has 0 amide bonds. The molecule has 0 heterocycles. The molecule has 18 heavy (non-hydrogen) atoms. The monoisotopic (exact) mass is 258 g/mol. The van der Waals surface area contributed by atoms with Crippen LogP contribution in [0.25, 0.3) is 0 Å². The van der Waals surface area contributed by atoms with Crippen LogP contribution in [0, 0.1) is 0 Å². The predicted molar refractivity (Wildman–Crippen MR) is 80.5 cm³/mol. The summed E-state index contributed by atoms with van der Waals surface area (Å²) in [6.07, 6.45) is 5.13. The van der Waals surface area contributed by atoms with Crippen LogP contribution in [0.4, 0.5) is 0 Å². The van der Waals surface area contributed by atoms with Gasteiger partial charge in [0.2, 0.25) is 0 Å². The smallest absolute Gasteiger partial charge is 0.0714 e. The van der Waals surface area contributed by atoms with Crippen molar-refractivity contribution in [3.63, 3.8) is 0 Å². The van der Waals surface area contributed by atoms with Gasteiger partial charge in [-0.3, -0.25) is 5.43 Å². The van der Waals surface area contributed by atoms with Crippen LogP contribution in [-0.4, -0.2) is 43.9 Å². The summed E-state index contributed by atoms with van der Waals surface area (Å²) in [5.74, 6) is 0. The molecule has 0 aromatic carbocycles. The summed E-state index contributed by atoms with van der Waals surface area (Å²) >= 11 is 0. The highest BCUT2D eigenvalue weighted by Gasteiger charge is 2.08. The van der Waals surface area contributed by atoms with E-state index in [4.69, 9.17) is 0 Å². The van der Waals surface area contributed by atoms with Gasteiger partial charge in [0.25, 0.3) is 0 Å². The molecule has 0 aliphatic carbocycles. The average molecular weight is 258 g/mol. The Labute approximate surface area is 114 Å². The van der Waals surface area contributed by atoms with Crippen LogP contribution < -0.4 is 16.1 Å². The van der Waals surface area contributed by atoms with E-state index >= 15 is 0 Å². The molecule has 110 valence electrons. The third-order valence-corrected chi connectivity index (χ3v) is 2.79. The van der Waals surface area contributed by atoms with Gasteiger partial charge in [-0.05, 0) is 38.8 Å². The lowest BCUT2D eigenvalue weighted by atomic mass is 10.3. The van der Waals surface area contributed by atoms with Crippen molar-refractivity contribution in [1.82, 2.24) is 21.1 Å². The maximum absolute atomic E-state index is 3.55. The van der Waals surface area contributed by atoms with Crippen LogP contribution in [0.5, 0.6) is 0 Å². The van der Waals surface area contributed by atoms with E-state index in [1.54, 1.807) is 0 Å². The van der Waals surface area contributed by atoms with Crippen LogP contribution in [0.15, 0.2) is 0 Å². The van der Waals surface area contributed by atoms with E-state index in [1.807, 2.05) is 0 Å². The highest BCUT2D eigenvalue weighted by molar-refractivity contribution is 4.66. The maximum Gasteiger partial charge on any atom is 0.0714 e. The van der Waals surface area contributed by atoms with Gasteiger partial charge in [-0.15, -0.1) is 0 Å². The molecule has 0 saturated heterocycles.